The molecule has 0 bridgehead atoms. The van der Waals surface area contributed by atoms with Gasteiger partial charge in [-0.25, -0.2) is 9.48 Å². The highest BCUT2D eigenvalue weighted by Gasteiger charge is 2.17. The fraction of sp³-hybridized carbons (Fsp3) is 0.286. The molecule has 1 aromatic heterocycles. The molecule has 0 saturated carbocycles. The molecule has 0 atom stereocenters. The molecule has 0 aliphatic carbocycles. The first kappa shape index (κ1) is 14.5. The first-order valence-electron chi connectivity index (χ1n) is 6.15. The highest BCUT2D eigenvalue weighted by atomic mass is 32.2. The fourth-order valence-corrected chi connectivity index (χ4v) is 2.12. The Hall–Kier alpha value is -1.95. The molecule has 0 aliphatic rings. The third kappa shape index (κ3) is 2.96. The van der Waals surface area contributed by atoms with Crippen LogP contribution in [0.5, 0.6) is 5.75 Å². The van der Waals surface area contributed by atoms with E-state index < -0.39 is 0 Å². The standard InChI is InChI=1S/C14H16N2O3S/c1-4-19-14(17)12-9-13(20-3)15-16(12)10-5-7-11(18-2)8-6-10/h5-9H,4H2,1-3H3. The quantitative estimate of drug-likeness (QED) is 0.626. The Kier molecular flexibility index (Phi) is 4.68. The number of rotatable bonds is 5. The molecule has 0 radical (unpaired) electrons. The van der Waals surface area contributed by atoms with E-state index in [1.54, 1.807) is 24.8 Å². The third-order valence-electron chi connectivity index (χ3n) is 2.70. The smallest absolute Gasteiger partial charge is 0.357 e. The number of carbonyl (C=O) groups excluding carboxylic acids is 1. The van der Waals surface area contributed by atoms with Crippen LogP contribution in [-0.2, 0) is 4.74 Å². The zero-order valence-electron chi connectivity index (χ0n) is 11.6. The van der Waals surface area contributed by atoms with Crippen LogP contribution in [0, 0.1) is 0 Å². The van der Waals surface area contributed by atoms with Gasteiger partial charge in [-0.1, -0.05) is 0 Å². The Balaban J connectivity index is 2.42. The number of carbonyl (C=O) groups is 1. The Morgan fingerprint density at radius 3 is 2.60 bits per heavy atom. The van der Waals surface area contributed by atoms with E-state index in [0.29, 0.717) is 12.3 Å². The molecule has 0 spiro atoms. The van der Waals surface area contributed by atoms with Gasteiger partial charge in [0.2, 0.25) is 0 Å². The molecule has 0 unspecified atom stereocenters. The molecule has 2 rings (SSSR count). The predicted octanol–water partition coefficient (Wildman–Crippen LogP) is 2.78. The van der Waals surface area contributed by atoms with Crippen molar-refractivity contribution in [2.75, 3.05) is 20.0 Å². The van der Waals surface area contributed by atoms with Crippen molar-refractivity contribution >= 4 is 17.7 Å². The van der Waals surface area contributed by atoms with Crippen molar-refractivity contribution in [1.82, 2.24) is 9.78 Å². The summed E-state index contributed by atoms with van der Waals surface area (Å²) in [5, 5.41) is 5.16. The van der Waals surface area contributed by atoms with E-state index in [1.165, 1.54) is 11.8 Å². The van der Waals surface area contributed by atoms with Crippen molar-refractivity contribution in [3.05, 3.63) is 36.0 Å². The van der Waals surface area contributed by atoms with Gasteiger partial charge in [-0.3, -0.25) is 0 Å². The number of esters is 1. The molecule has 20 heavy (non-hydrogen) atoms. The molecule has 106 valence electrons. The predicted molar refractivity (Wildman–Crippen MR) is 77.9 cm³/mol. The summed E-state index contributed by atoms with van der Waals surface area (Å²) in [5.41, 5.74) is 1.20. The SMILES string of the molecule is CCOC(=O)c1cc(SC)nn1-c1ccc(OC)cc1. The number of hydrogen-bond donors (Lipinski definition) is 0. The third-order valence-corrected chi connectivity index (χ3v) is 3.32. The zero-order valence-corrected chi connectivity index (χ0v) is 12.4. The van der Waals surface area contributed by atoms with E-state index in [-0.39, 0.29) is 5.97 Å². The Labute approximate surface area is 121 Å². The molecule has 1 aromatic carbocycles. The largest absolute Gasteiger partial charge is 0.497 e. The van der Waals surface area contributed by atoms with Crippen molar-refractivity contribution in [2.24, 2.45) is 0 Å². The monoisotopic (exact) mass is 292 g/mol. The Morgan fingerprint density at radius 1 is 1.35 bits per heavy atom. The fourth-order valence-electron chi connectivity index (χ4n) is 1.73. The van der Waals surface area contributed by atoms with Crippen molar-refractivity contribution in [1.29, 1.82) is 0 Å². The summed E-state index contributed by atoms with van der Waals surface area (Å²) in [5.74, 6) is 0.375. The minimum atomic E-state index is -0.379. The normalized spacial score (nSPS) is 10.3. The van der Waals surface area contributed by atoms with E-state index in [1.807, 2.05) is 30.5 Å². The maximum absolute atomic E-state index is 12.0. The van der Waals surface area contributed by atoms with Gasteiger partial charge in [0.15, 0.2) is 5.69 Å². The lowest BCUT2D eigenvalue weighted by Crippen LogP contribution is -2.11. The first-order chi connectivity index (χ1) is 9.69. The number of hydrogen-bond acceptors (Lipinski definition) is 5. The average molecular weight is 292 g/mol. The molecule has 0 saturated heterocycles. The van der Waals surface area contributed by atoms with Crippen LogP contribution in [0.15, 0.2) is 35.4 Å². The second-order valence-electron chi connectivity index (χ2n) is 3.90. The van der Waals surface area contributed by atoms with E-state index in [2.05, 4.69) is 5.10 Å². The van der Waals surface area contributed by atoms with Crippen LogP contribution in [-0.4, -0.2) is 35.7 Å². The van der Waals surface area contributed by atoms with Crippen LogP contribution in [0.1, 0.15) is 17.4 Å². The van der Waals surface area contributed by atoms with Gasteiger partial charge in [-0.2, -0.15) is 5.10 Å². The highest BCUT2D eigenvalue weighted by molar-refractivity contribution is 7.98. The second-order valence-corrected chi connectivity index (χ2v) is 4.73. The average Bonchev–Trinajstić information content (AvgIpc) is 2.92. The minimum Gasteiger partial charge on any atom is -0.497 e. The lowest BCUT2D eigenvalue weighted by atomic mass is 10.3. The first-order valence-corrected chi connectivity index (χ1v) is 7.37. The number of aromatic nitrogens is 2. The van der Waals surface area contributed by atoms with Gasteiger partial charge in [0.25, 0.3) is 0 Å². The maximum Gasteiger partial charge on any atom is 0.357 e. The van der Waals surface area contributed by atoms with Crippen LogP contribution in [0.3, 0.4) is 0 Å². The summed E-state index contributed by atoms with van der Waals surface area (Å²) >= 11 is 1.48. The van der Waals surface area contributed by atoms with E-state index >= 15 is 0 Å². The number of ether oxygens (including phenoxy) is 2. The van der Waals surface area contributed by atoms with Gasteiger partial charge in [0.05, 0.1) is 19.4 Å². The van der Waals surface area contributed by atoms with Crippen LogP contribution in [0.4, 0.5) is 0 Å². The molecular formula is C14H16N2O3S. The maximum atomic E-state index is 12.0. The Bertz CT molecular complexity index is 593. The van der Waals surface area contributed by atoms with Crippen molar-refractivity contribution < 1.29 is 14.3 Å². The number of methoxy groups -OCH3 is 1. The lowest BCUT2D eigenvalue weighted by Gasteiger charge is -2.07. The molecule has 0 N–H and O–H groups in total. The van der Waals surface area contributed by atoms with E-state index in [9.17, 15) is 4.79 Å². The summed E-state index contributed by atoms with van der Waals surface area (Å²) in [6.45, 7) is 2.11. The van der Waals surface area contributed by atoms with Gasteiger partial charge < -0.3 is 9.47 Å². The van der Waals surface area contributed by atoms with Crippen molar-refractivity contribution in [3.8, 4) is 11.4 Å². The van der Waals surface area contributed by atoms with Crippen LogP contribution in [0.2, 0.25) is 0 Å². The van der Waals surface area contributed by atoms with E-state index in [0.717, 1.165) is 16.5 Å². The molecule has 0 fully saturated rings. The number of nitrogens with zero attached hydrogens (tertiary/aromatic N) is 2. The number of benzene rings is 1. The topological polar surface area (TPSA) is 53.3 Å². The van der Waals surface area contributed by atoms with Crippen molar-refractivity contribution in [2.45, 2.75) is 11.9 Å². The lowest BCUT2D eigenvalue weighted by molar-refractivity contribution is 0.0515. The molecule has 6 heteroatoms. The summed E-state index contributed by atoms with van der Waals surface area (Å²) < 4.78 is 11.8. The van der Waals surface area contributed by atoms with E-state index in [4.69, 9.17) is 9.47 Å². The molecular weight excluding hydrogens is 276 g/mol. The summed E-state index contributed by atoms with van der Waals surface area (Å²) in [6, 6.07) is 9.07. The molecule has 5 nitrogen and oxygen atoms in total. The molecule has 1 heterocycles. The minimum absolute atomic E-state index is 0.335. The zero-order chi connectivity index (χ0) is 14.5. The van der Waals surface area contributed by atoms with Gasteiger partial charge in [0, 0.05) is 6.07 Å². The summed E-state index contributed by atoms with van der Waals surface area (Å²) in [4.78, 5) is 12.0. The highest BCUT2D eigenvalue weighted by Crippen LogP contribution is 2.21. The van der Waals surface area contributed by atoms with Crippen LogP contribution < -0.4 is 4.74 Å². The molecule has 2 aromatic rings. The Morgan fingerprint density at radius 2 is 2.05 bits per heavy atom. The van der Waals surface area contributed by atoms with Gasteiger partial charge in [-0.15, -0.1) is 11.8 Å². The van der Waals surface area contributed by atoms with Crippen molar-refractivity contribution in [3.63, 3.8) is 0 Å². The van der Waals surface area contributed by atoms with Crippen LogP contribution in [0.25, 0.3) is 5.69 Å². The number of thioether (sulfide) groups is 1. The van der Waals surface area contributed by atoms with Crippen LogP contribution >= 0.6 is 11.8 Å². The van der Waals surface area contributed by atoms with Gasteiger partial charge in [-0.05, 0) is 37.4 Å². The molecule has 0 aliphatic heterocycles. The molecule has 0 amide bonds. The van der Waals surface area contributed by atoms with Gasteiger partial charge >= 0.3 is 5.97 Å². The summed E-state index contributed by atoms with van der Waals surface area (Å²) in [7, 11) is 1.61. The second kappa shape index (κ2) is 6.47. The van der Waals surface area contributed by atoms with Gasteiger partial charge in [0.1, 0.15) is 10.8 Å². The summed E-state index contributed by atoms with van der Waals surface area (Å²) in [6.07, 6.45) is 1.91.